The van der Waals surface area contributed by atoms with Crippen molar-refractivity contribution in [3.8, 4) is 5.75 Å². The predicted molar refractivity (Wildman–Crippen MR) is 56.2 cm³/mol. The molecular formula is C9H13N3O2. The molecule has 1 rings (SSSR count). The summed E-state index contributed by atoms with van der Waals surface area (Å²) in [4.78, 5) is 0. The molecule has 0 bridgehead atoms. The van der Waals surface area contributed by atoms with E-state index in [1.807, 2.05) is 0 Å². The second kappa shape index (κ2) is 5.08. The normalized spacial score (nSPS) is 10.2. The molecule has 0 radical (unpaired) electrons. The van der Waals surface area contributed by atoms with E-state index in [9.17, 15) is 0 Å². The monoisotopic (exact) mass is 195 g/mol. The lowest BCUT2D eigenvalue weighted by Crippen LogP contribution is -1.97. The molecule has 0 saturated carbocycles. The van der Waals surface area contributed by atoms with Crippen LogP contribution in [0.2, 0.25) is 0 Å². The maximum absolute atomic E-state index is 8.80. The first kappa shape index (κ1) is 10.3. The van der Waals surface area contributed by atoms with Crippen molar-refractivity contribution in [1.82, 2.24) is 0 Å². The zero-order valence-electron chi connectivity index (χ0n) is 8.11. The summed E-state index contributed by atoms with van der Waals surface area (Å²) >= 11 is 0. The molecule has 0 heterocycles. The topological polar surface area (TPSA) is 65.9 Å². The molecule has 3 N–H and O–H groups in total. The van der Waals surface area contributed by atoms with Gasteiger partial charge in [-0.15, -0.1) is 0 Å². The molecule has 0 fully saturated rings. The van der Waals surface area contributed by atoms with Crippen molar-refractivity contribution in [2.75, 3.05) is 18.0 Å². The van der Waals surface area contributed by atoms with Crippen molar-refractivity contribution in [3.63, 3.8) is 0 Å². The van der Waals surface area contributed by atoms with Crippen LogP contribution in [0.5, 0.6) is 5.75 Å². The van der Waals surface area contributed by atoms with Gasteiger partial charge in [0.2, 0.25) is 0 Å². The minimum atomic E-state index is 0.538. The zero-order chi connectivity index (χ0) is 10.4. The second-order valence-corrected chi connectivity index (χ2v) is 2.52. The maximum atomic E-state index is 8.80. The average Bonchev–Trinajstić information content (AvgIpc) is 2.25. The number of anilines is 2. The van der Waals surface area contributed by atoms with Crippen molar-refractivity contribution in [2.45, 2.75) is 6.92 Å². The number of nitrogens with zero attached hydrogens (tertiary/aromatic N) is 1. The summed E-state index contributed by atoms with van der Waals surface area (Å²) in [5.74, 6) is 0.692. The molecule has 5 nitrogen and oxygen atoms in total. The van der Waals surface area contributed by atoms with Gasteiger partial charge in [-0.1, -0.05) is 0 Å². The fourth-order valence-corrected chi connectivity index (χ4v) is 0.974. The summed E-state index contributed by atoms with van der Waals surface area (Å²) in [6.45, 7) is 1.79. The number of methoxy groups -OCH3 is 1. The van der Waals surface area contributed by atoms with Crippen LogP contribution in [0.15, 0.2) is 23.3 Å². The second-order valence-electron chi connectivity index (χ2n) is 2.52. The number of benzene rings is 1. The van der Waals surface area contributed by atoms with Gasteiger partial charge in [0.1, 0.15) is 5.75 Å². The first-order valence-electron chi connectivity index (χ1n) is 4.13. The Balaban J connectivity index is 2.95. The summed E-state index contributed by atoms with van der Waals surface area (Å²) in [5, 5.41) is 12.6. The lowest BCUT2D eigenvalue weighted by molar-refractivity contribution is 0.388. The quantitative estimate of drug-likeness (QED) is 0.507. The lowest BCUT2D eigenvalue weighted by atomic mass is 10.2. The van der Waals surface area contributed by atoms with Gasteiger partial charge in [-0.3, -0.25) is 16.1 Å². The summed E-state index contributed by atoms with van der Waals surface area (Å²) in [6.07, 6.45) is 1.61. The van der Waals surface area contributed by atoms with E-state index in [1.165, 1.54) is 0 Å². The van der Waals surface area contributed by atoms with Crippen LogP contribution in [0, 0.1) is 0 Å². The third-order valence-electron chi connectivity index (χ3n) is 1.66. The van der Waals surface area contributed by atoms with E-state index in [4.69, 9.17) is 9.94 Å². The number of hydrogen-bond donors (Lipinski definition) is 3. The minimum absolute atomic E-state index is 0.538. The molecule has 0 saturated heterocycles. The van der Waals surface area contributed by atoms with Gasteiger partial charge < -0.3 is 4.74 Å². The molecule has 0 amide bonds. The highest BCUT2D eigenvalue weighted by Crippen LogP contribution is 2.26. The van der Waals surface area contributed by atoms with E-state index in [0.717, 1.165) is 0 Å². The molecule has 0 aliphatic rings. The molecule has 0 unspecified atom stereocenters. The Morgan fingerprint density at radius 2 is 2.21 bits per heavy atom. The molecule has 0 aliphatic carbocycles. The fourth-order valence-electron chi connectivity index (χ4n) is 0.974. The van der Waals surface area contributed by atoms with Gasteiger partial charge in [-0.25, -0.2) is 0 Å². The highest BCUT2D eigenvalue weighted by atomic mass is 16.5. The van der Waals surface area contributed by atoms with Crippen LogP contribution in [0.25, 0.3) is 0 Å². The molecule has 0 spiro atoms. The van der Waals surface area contributed by atoms with E-state index in [2.05, 4.69) is 16.0 Å². The Labute approximate surface area is 82.4 Å². The Hall–Kier alpha value is -1.75. The van der Waals surface area contributed by atoms with Gasteiger partial charge in [-0.05, 0) is 19.1 Å². The van der Waals surface area contributed by atoms with Crippen LogP contribution in [0.3, 0.4) is 0 Å². The van der Waals surface area contributed by atoms with Crippen molar-refractivity contribution >= 4 is 17.6 Å². The van der Waals surface area contributed by atoms with E-state index < -0.39 is 0 Å². The van der Waals surface area contributed by atoms with Crippen LogP contribution < -0.4 is 15.6 Å². The molecule has 14 heavy (non-hydrogen) atoms. The van der Waals surface area contributed by atoms with Crippen LogP contribution in [0.1, 0.15) is 6.92 Å². The number of nitrogens with one attached hydrogen (secondary N) is 2. The molecule has 1 aromatic carbocycles. The Kier molecular flexibility index (Phi) is 3.75. The van der Waals surface area contributed by atoms with Crippen LogP contribution in [0.4, 0.5) is 11.4 Å². The van der Waals surface area contributed by atoms with Crippen LogP contribution in [-0.2, 0) is 0 Å². The summed E-state index contributed by atoms with van der Waals surface area (Å²) in [6, 6.07) is 5.15. The van der Waals surface area contributed by atoms with E-state index in [1.54, 1.807) is 38.4 Å². The van der Waals surface area contributed by atoms with E-state index in [-0.39, 0.29) is 0 Å². The third-order valence-corrected chi connectivity index (χ3v) is 1.66. The standard InChI is InChI=1S/C9H13N3O2/c1-3-10-11-9-6-7(14-2)4-5-8(9)12-13/h3-6,11-13H,1-2H3/b10-3-. The van der Waals surface area contributed by atoms with Gasteiger partial charge in [0, 0.05) is 12.3 Å². The minimum Gasteiger partial charge on any atom is -0.497 e. The SMILES string of the molecule is C/C=N\Nc1cc(OC)ccc1NO. The van der Waals surface area contributed by atoms with Crippen molar-refractivity contribution in [3.05, 3.63) is 18.2 Å². The van der Waals surface area contributed by atoms with Gasteiger partial charge in [0.15, 0.2) is 0 Å². The van der Waals surface area contributed by atoms with Crippen molar-refractivity contribution in [1.29, 1.82) is 0 Å². The Morgan fingerprint density at radius 3 is 2.79 bits per heavy atom. The molecule has 1 aromatic rings. The van der Waals surface area contributed by atoms with Gasteiger partial charge in [0.05, 0.1) is 18.5 Å². The summed E-state index contributed by atoms with van der Waals surface area (Å²) < 4.78 is 5.03. The highest BCUT2D eigenvalue weighted by Gasteiger charge is 2.01. The zero-order valence-corrected chi connectivity index (χ0v) is 8.11. The van der Waals surface area contributed by atoms with E-state index >= 15 is 0 Å². The molecule has 0 atom stereocenters. The lowest BCUT2D eigenvalue weighted by Gasteiger charge is -2.08. The van der Waals surface area contributed by atoms with Crippen LogP contribution in [-0.4, -0.2) is 18.5 Å². The highest BCUT2D eigenvalue weighted by molar-refractivity contribution is 5.70. The fraction of sp³-hybridized carbons (Fsp3) is 0.222. The molecular weight excluding hydrogens is 182 g/mol. The number of rotatable bonds is 4. The third kappa shape index (κ3) is 2.37. The van der Waals surface area contributed by atoms with Crippen molar-refractivity contribution in [2.24, 2.45) is 5.10 Å². The largest absolute Gasteiger partial charge is 0.497 e. The van der Waals surface area contributed by atoms with Gasteiger partial charge >= 0.3 is 0 Å². The van der Waals surface area contributed by atoms with Crippen LogP contribution >= 0.6 is 0 Å². The molecule has 76 valence electrons. The number of ether oxygens (including phenoxy) is 1. The smallest absolute Gasteiger partial charge is 0.121 e. The molecule has 0 aliphatic heterocycles. The first-order chi connectivity index (χ1) is 6.81. The van der Waals surface area contributed by atoms with Gasteiger partial charge in [-0.2, -0.15) is 5.10 Å². The summed E-state index contributed by atoms with van der Waals surface area (Å²) in [5.41, 5.74) is 6.00. The maximum Gasteiger partial charge on any atom is 0.121 e. The molecule has 5 heteroatoms. The number of hydrazone groups is 1. The average molecular weight is 195 g/mol. The summed E-state index contributed by atoms with van der Waals surface area (Å²) in [7, 11) is 1.58. The number of hydrogen-bond acceptors (Lipinski definition) is 5. The first-order valence-corrected chi connectivity index (χ1v) is 4.13. The molecule has 0 aromatic heterocycles. The van der Waals surface area contributed by atoms with E-state index in [0.29, 0.717) is 17.1 Å². The Morgan fingerprint density at radius 1 is 1.43 bits per heavy atom. The Bertz CT molecular complexity index is 326. The van der Waals surface area contributed by atoms with Gasteiger partial charge in [0.25, 0.3) is 0 Å². The van der Waals surface area contributed by atoms with Crippen molar-refractivity contribution < 1.29 is 9.94 Å². The predicted octanol–water partition coefficient (Wildman–Crippen LogP) is 1.91.